The summed E-state index contributed by atoms with van der Waals surface area (Å²) in [6.07, 6.45) is 3.09. The second-order valence-corrected chi connectivity index (χ2v) is 11.5. The number of pyridine rings is 1. The van der Waals surface area contributed by atoms with Gasteiger partial charge < -0.3 is 10.3 Å². The topological polar surface area (TPSA) is 82.6 Å². The molecular weight excluding hydrogens is 536 g/mol. The van der Waals surface area contributed by atoms with E-state index in [9.17, 15) is 30.8 Å². The number of fused-ring (bicyclic) bond motifs is 1. The summed E-state index contributed by atoms with van der Waals surface area (Å²) in [5.41, 5.74) is 3.15. The Morgan fingerprint density at radius 2 is 1.69 bits per heavy atom. The molecule has 39 heavy (non-hydrogen) atoms. The maximum Gasteiger partial charge on any atom is 0.416 e. The number of carbonyl (C=O) groups is 1. The molecule has 1 saturated heterocycles. The van der Waals surface area contributed by atoms with Crippen LogP contribution in [0.25, 0.3) is 10.9 Å². The number of rotatable bonds is 5. The van der Waals surface area contributed by atoms with Crippen LogP contribution in [0.4, 0.5) is 23.2 Å². The number of amides is 1. The van der Waals surface area contributed by atoms with E-state index in [2.05, 4.69) is 10.4 Å². The Morgan fingerprint density at radius 1 is 0.974 bits per heavy atom. The number of halogens is 4. The van der Waals surface area contributed by atoms with E-state index in [0.717, 1.165) is 36.4 Å². The Morgan fingerprint density at radius 3 is 2.33 bits per heavy atom. The molecular formula is C27H24F4N4O3S. The maximum atomic E-state index is 13.8. The smallest absolute Gasteiger partial charge is 0.338 e. The zero-order valence-corrected chi connectivity index (χ0v) is 21.3. The monoisotopic (exact) mass is 560 g/mol. The second kappa shape index (κ2) is 10.1. The summed E-state index contributed by atoms with van der Waals surface area (Å²) >= 11 is 0. The van der Waals surface area contributed by atoms with Crippen LogP contribution in [0, 0.1) is 5.82 Å². The summed E-state index contributed by atoms with van der Waals surface area (Å²) in [6.45, 7) is 1.10. The molecule has 204 valence electrons. The van der Waals surface area contributed by atoms with Gasteiger partial charge in [0.25, 0.3) is 0 Å². The Kier molecular flexibility index (Phi) is 6.93. The van der Waals surface area contributed by atoms with Crippen LogP contribution in [0.5, 0.6) is 0 Å². The van der Waals surface area contributed by atoms with Gasteiger partial charge in [-0.15, -0.1) is 0 Å². The summed E-state index contributed by atoms with van der Waals surface area (Å²) in [7, 11) is -4.20. The number of allylic oxidation sites excluding steroid dienone is 3. The number of carbonyl (C=O) groups excluding carboxylic acids is 1. The Labute approximate surface area is 222 Å². The first-order chi connectivity index (χ1) is 18.5. The van der Waals surface area contributed by atoms with E-state index in [1.54, 1.807) is 18.2 Å². The fourth-order valence-corrected chi connectivity index (χ4v) is 6.63. The van der Waals surface area contributed by atoms with Crippen molar-refractivity contribution >= 4 is 32.3 Å². The highest BCUT2D eigenvalue weighted by molar-refractivity contribution is 7.93. The number of benzene rings is 2. The lowest BCUT2D eigenvalue weighted by Crippen LogP contribution is -2.58. The van der Waals surface area contributed by atoms with Crippen LogP contribution in [0.3, 0.4) is 0 Å². The number of nitrogens with zero attached hydrogens (tertiary/aromatic N) is 3. The van der Waals surface area contributed by atoms with Gasteiger partial charge in [-0.25, -0.2) is 17.8 Å². The van der Waals surface area contributed by atoms with Gasteiger partial charge in [-0.3, -0.25) is 9.78 Å². The molecule has 1 amide bonds. The van der Waals surface area contributed by atoms with Crippen LogP contribution in [0.15, 0.2) is 83.9 Å². The number of sulfone groups is 1. The van der Waals surface area contributed by atoms with Crippen LogP contribution >= 0.6 is 0 Å². The average molecular weight is 561 g/mol. The van der Waals surface area contributed by atoms with Crippen molar-refractivity contribution in [2.75, 3.05) is 31.6 Å². The second-order valence-electron chi connectivity index (χ2n) is 9.32. The molecule has 1 N–H and O–H groups in total. The molecule has 1 aromatic heterocycles. The minimum Gasteiger partial charge on any atom is -0.338 e. The largest absolute Gasteiger partial charge is 0.416 e. The standard InChI is InChI=1S/C27H24F4N4O3S/c28-20-5-7-21(8-6-20)39(37,38)26(11-2-1-3-12-26)25(36)34-14-16-35(17-15-34)33-23-10-13-32-24-18-19(27(29,30)31)4-9-22(23)24/h1-11,13,18H,12,14-17H2,(H,32,33). The maximum absolute atomic E-state index is 13.8. The fraction of sp³-hybridized carbons (Fsp3) is 0.259. The Bertz CT molecular complexity index is 1560. The van der Waals surface area contributed by atoms with E-state index < -0.39 is 38.0 Å². The minimum atomic E-state index is -4.48. The predicted octanol–water partition coefficient (Wildman–Crippen LogP) is 4.59. The molecule has 0 saturated carbocycles. The highest BCUT2D eigenvalue weighted by Gasteiger charge is 2.51. The normalized spacial score (nSPS) is 20.4. The van der Waals surface area contributed by atoms with Crippen molar-refractivity contribution in [3.63, 3.8) is 0 Å². The van der Waals surface area contributed by atoms with Gasteiger partial charge in [0.15, 0.2) is 14.6 Å². The third kappa shape index (κ3) is 5.01. The molecule has 0 radical (unpaired) electrons. The molecule has 7 nitrogen and oxygen atoms in total. The van der Waals surface area contributed by atoms with Gasteiger partial charge in [-0.2, -0.15) is 13.2 Å². The molecule has 5 rings (SSSR count). The van der Waals surface area contributed by atoms with Crippen LogP contribution < -0.4 is 5.43 Å². The quantitative estimate of drug-likeness (QED) is 0.363. The third-order valence-corrected chi connectivity index (χ3v) is 9.24. The van der Waals surface area contributed by atoms with Crippen molar-refractivity contribution in [3.05, 3.63) is 90.4 Å². The van der Waals surface area contributed by atoms with Crippen LogP contribution in [0.2, 0.25) is 0 Å². The highest BCUT2D eigenvalue weighted by Crippen LogP contribution is 2.36. The fourth-order valence-electron chi connectivity index (χ4n) is 4.78. The van der Waals surface area contributed by atoms with E-state index in [4.69, 9.17) is 0 Å². The first-order valence-corrected chi connectivity index (χ1v) is 13.6. The van der Waals surface area contributed by atoms with Crippen molar-refractivity contribution in [1.82, 2.24) is 14.9 Å². The van der Waals surface area contributed by atoms with Gasteiger partial charge >= 0.3 is 6.18 Å². The zero-order valence-electron chi connectivity index (χ0n) is 20.5. The highest BCUT2D eigenvalue weighted by atomic mass is 32.2. The number of alkyl halides is 3. The van der Waals surface area contributed by atoms with Gasteiger partial charge in [0, 0.05) is 37.8 Å². The molecule has 0 spiro atoms. The van der Waals surface area contributed by atoms with Gasteiger partial charge in [-0.1, -0.05) is 30.4 Å². The summed E-state index contributed by atoms with van der Waals surface area (Å²) in [5.74, 6) is -1.15. The number of aromatic nitrogens is 1. The lowest BCUT2D eigenvalue weighted by atomic mass is 9.97. The lowest BCUT2D eigenvalue weighted by Gasteiger charge is -2.40. The summed E-state index contributed by atoms with van der Waals surface area (Å²) in [6, 6.07) is 9.41. The molecule has 1 aliphatic carbocycles. The van der Waals surface area contributed by atoms with Gasteiger partial charge in [0.2, 0.25) is 5.91 Å². The summed E-state index contributed by atoms with van der Waals surface area (Å²) in [5, 5.41) is 2.32. The van der Waals surface area contributed by atoms with Gasteiger partial charge in [0.05, 0.1) is 21.7 Å². The molecule has 2 heterocycles. The molecule has 1 fully saturated rings. The predicted molar refractivity (Wildman–Crippen MR) is 138 cm³/mol. The van der Waals surface area contributed by atoms with Gasteiger partial charge in [0.1, 0.15) is 5.82 Å². The van der Waals surface area contributed by atoms with Crippen molar-refractivity contribution in [2.45, 2.75) is 22.2 Å². The molecule has 0 bridgehead atoms. The average Bonchev–Trinajstić information content (AvgIpc) is 2.93. The van der Waals surface area contributed by atoms with Crippen LogP contribution in [-0.2, 0) is 20.8 Å². The molecule has 2 aliphatic rings. The molecule has 3 aromatic rings. The van der Waals surface area contributed by atoms with E-state index in [0.29, 0.717) is 24.2 Å². The first kappa shape index (κ1) is 26.8. The first-order valence-electron chi connectivity index (χ1n) is 12.1. The SMILES string of the molecule is O=C(N1CCN(Nc2ccnc3cc(C(F)(F)F)ccc23)CC1)C1(S(=O)(=O)c2ccc(F)cc2)C=CC=CC1. The van der Waals surface area contributed by atoms with Crippen molar-refractivity contribution in [2.24, 2.45) is 0 Å². The van der Waals surface area contributed by atoms with Crippen LogP contribution in [0.1, 0.15) is 12.0 Å². The zero-order chi connectivity index (χ0) is 27.8. The number of hydrazine groups is 1. The van der Waals surface area contributed by atoms with E-state index in [1.807, 2.05) is 5.01 Å². The van der Waals surface area contributed by atoms with Crippen LogP contribution in [-0.4, -0.2) is 60.1 Å². The van der Waals surface area contributed by atoms with Crippen molar-refractivity contribution in [3.8, 4) is 0 Å². The molecule has 1 unspecified atom stereocenters. The van der Waals surface area contributed by atoms with Crippen molar-refractivity contribution in [1.29, 1.82) is 0 Å². The molecule has 1 atom stereocenters. The lowest BCUT2D eigenvalue weighted by molar-refractivity contribution is -0.137. The molecule has 12 heteroatoms. The van der Waals surface area contributed by atoms with Crippen molar-refractivity contribution < 1.29 is 30.8 Å². The summed E-state index contributed by atoms with van der Waals surface area (Å²) in [4.78, 5) is 19.2. The number of nitrogens with one attached hydrogen (secondary N) is 1. The van der Waals surface area contributed by atoms with E-state index >= 15 is 0 Å². The minimum absolute atomic E-state index is 0.0522. The summed E-state index contributed by atoms with van der Waals surface area (Å²) < 4.78 is 78.2. The number of hydrogen-bond acceptors (Lipinski definition) is 6. The molecule has 2 aromatic carbocycles. The Hall–Kier alpha value is -3.77. The van der Waals surface area contributed by atoms with E-state index in [-0.39, 0.29) is 29.9 Å². The number of anilines is 1. The molecule has 1 aliphatic heterocycles. The van der Waals surface area contributed by atoms with Gasteiger partial charge in [-0.05, 0) is 48.9 Å². The Balaban J connectivity index is 1.33. The third-order valence-electron chi connectivity index (χ3n) is 6.91. The van der Waals surface area contributed by atoms with E-state index in [1.165, 1.54) is 29.3 Å². The number of hydrogen-bond donors (Lipinski definition) is 1. The number of piperazine rings is 1.